The maximum absolute atomic E-state index is 2.39. The lowest BCUT2D eigenvalue weighted by atomic mass is 9.87. The van der Waals surface area contributed by atoms with Crippen LogP contribution >= 0.6 is 11.3 Å². The van der Waals surface area contributed by atoms with E-state index in [-0.39, 0.29) is 0 Å². The molecule has 1 heterocycles. The number of benzene rings is 9. The summed E-state index contributed by atoms with van der Waals surface area (Å²) in [7, 11) is 2.12. The van der Waals surface area contributed by atoms with E-state index in [1.165, 1.54) is 92.7 Å². The molecule has 332 valence electrons. The second kappa shape index (κ2) is 24.3. The molecule has 66 heavy (non-hydrogen) atoms. The zero-order valence-electron chi connectivity index (χ0n) is 40.3. The van der Waals surface area contributed by atoms with Gasteiger partial charge in [0, 0.05) is 38.6 Å². The molecule has 0 atom stereocenters. The standard InChI is InChI=1S/C40H33NS.C9H12.C7H8.C6H6.C2H6/c1-26-14-16-30(29-17-20-33(21-18-29)41(4)32-10-6-5-7-11-32)24-36(26)34-22-15-27(2)40(28(34)3)31-19-23-39-37(25-31)35-12-8-9-13-38(35)42-39;1-8(2)9-6-4-3-5-7-9;1-7-5-3-2-4-6-7;1-2-4-6-5-3-1;1-2/h5-25H,1-4H3;3-8H,1-2H3;2-6H,1H3;1-6H;1-2H3. The Bertz CT molecular complexity index is 2960. The number of hydrogen-bond donors (Lipinski definition) is 0. The Labute approximate surface area is 399 Å². The highest BCUT2D eigenvalue weighted by Gasteiger charge is 2.16. The molecule has 0 unspecified atom stereocenters. The molecule has 0 radical (unpaired) electrons. The van der Waals surface area contributed by atoms with Crippen LogP contribution in [-0.2, 0) is 0 Å². The third kappa shape index (κ3) is 12.6. The van der Waals surface area contributed by atoms with Crippen LogP contribution in [0.5, 0.6) is 0 Å². The van der Waals surface area contributed by atoms with Crippen LogP contribution in [-0.4, -0.2) is 7.05 Å². The number of aryl methyl sites for hydroxylation is 3. The van der Waals surface area contributed by atoms with Gasteiger partial charge in [0.05, 0.1) is 0 Å². The van der Waals surface area contributed by atoms with Gasteiger partial charge < -0.3 is 4.90 Å². The number of anilines is 2. The molecule has 0 bridgehead atoms. The summed E-state index contributed by atoms with van der Waals surface area (Å²) < 4.78 is 2.69. The maximum atomic E-state index is 2.39. The fourth-order valence-electron chi connectivity index (χ4n) is 7.99. The minimum atomic E-state index is 0.659. The topological polar surface area (TPSA) is 3.24 Å². The zero-order chi connectivity index (χ0) is 46.8. The summed E-state index contributed by atoms with van der Waals surface area (Å²) in [6.45, 7) is 17.2. The Morgan fingerprint density at radius 1 is 0.394 bits per heavy atom. The van der Waals surface area contributed by atoms with Crippen molar-refractivity contribution in [3.63, 3.8) is 0 Å². The van der Waals surface area contributed by atoms with Gasteiger partial charge in [-0.3, -0.25) is 0 Å². The summed E-state index contributed by atoms with van der Waals surface area (Å²) in [6.07, 6.45) is 0. The Balaban J connectivity index is 0.000000243. The summed E-state index contributed by atoms with van der Waals surface area (Å²) in [5.74, 6) is 0.659. The molecule has 0 aliphatic carbocycles. The van der Waals surface area contributed by atoms with Crippen molar-refractivity contribution < 1.29 is 0 Å². The summed E-state index contributed by atoms with van der Waals surface area (Å²) >= 11 is 1.87. The van der Waals surface area contributed by atoms with Crippen molar-refractivity contribution in [2.75, 3.05) is 11.9 Å². The first-order valence-electron chi connectivity index (χ1n) is 23.3. The molecular weight excluding hydrogens is 815 g/mol. The van der Waals surface area contributed by atoms with Crippen molar-refractivity contribution in [1.82, 2.24) is 0 Å². The van der Waals surface area contributed by atoms with E-state index < -0.39 is 0 Å². The lowest BCUT2D eigenvalue weighted by molar-refractivity contribution is 0.867. The van der Waals surface area contributed by atoms with Gasteiger partial charge in [-0.15, -0.1) is 11.3 Å². The highest BCUT2D eigenvalue weighted by molar-refractivity contribution is 7.25. The third-order valence-electron chi connectivity index (χ3n) is 11.7. The minimum Gasteiger partial charge on any atom is -0.345 e. The first kappa shape index (κ1) is 48.5. The van der Waals surface area contributed by atoms with Gasteiger partial charge in [0.25, 0.3) is 0 Å². The number of thiophene rings is 1. The SMILES string of the molecule is CC.CC(C)c1ccccc1.Cc1ccc(-c2ccc(N(C)c3ccccc3)cc2)cc1-c1ccc(C)c(-c2ccc3sc4ccccc4c3c2)c1C.Cc1ccccc1.c1ccccc1. The summed E-state index contributed by atoms with van der Waals surface area (Å²) in [5, 5.41) is 2.69. The van der Waals surface area contributed by atoms with E-state index in [9.17, 15) is 0 Å². The predicted molar refractivity (Wildman–Crippen MR) is 294 cm³/mol. The van der Waals surface area contributed by atoms with Crippen molar-refractivity contribution in [2.24, 2.45) is 0 Å². The van der Waals surface area contributed by atoms with Gasteiger partial charge in [0.2, 0.25) is 0 Å². The Morgan fingerprint density at radius 2 is 0.879 bits per heavy atom. The lowest BCUT2D eigenvalue weighted by Crippen LogP contribution is -2.08. The second-order valence-corrected chi connectivity index (χ2v) is 17.7. The van der Waals surface area contributed by atoms with Crippen molar-refractivity contribution >= 4 is 42.9 Å². The zero-order valence-corrected chi connectivity index (χ0v) is 41.1. The molecule has 1 nitrogen and oxygen atoms in total. The van der Waals surface area contributed by atoms with Gasteiger partial charge in [0.1, 0.15) is 0 Å². The molecule has 2 heteroatoms. The molecule has 9 aromatic carbocycles. The van der Waals surface area contributed by atoms with Gasteiger partial charge >= 0.3 is 0 Å². The van der Waals surface area contributed by atoms with Crippen LogP contribution < -0.4 is 4.90 Å². The van der Waals surface area contributed by atoms with Gasteiger partial charge in [0.15, 0.2) is 0 Å². The van der Waals surface area contributed by atoms with E-state index in [0.717, 1.165) is 0 Å². The molecule has 0 amide bonds. The second-order valence-electron chi connectivity index (χ2n) is 16.6. The monoisotopic (exact) mass is 879 g/mol. The van der Waals surface area contributed by atoms with Gasteiger partial charge in [-0.2, -0.15) is 0 Å². The highest BCUT2D eigenvalue weighted by Crippen LogP contribution is 2.41. The third-order valence-corrected chi connectivity index (χ3v) is 12.8. The van der Waals surface area contributed by atoms with Crippen LogP contribution in [0.2, 0.25) is 0 Å². The number of para-hydroxylation sites is 1. The number of rotatable bonds is 6. The van der Waals surface area contributed by atoms with Crippen molar-refractivity contribution in [3.8, 4) is 33.4 Å². The number of fused-ring (bicyclic) bond motifs is 3. The molecule has 0 saturated heterocycles. The average Bonchev–Trinajstić information content (AvgIpc) is 3.75. The average molecular weight is 880 g/mol. The molecular formula is C64H65NS. The Hall–Kier alpha value is -7.00. The Kier molecular flexibility index (Phi) is 17.9. The van der Waals surface area contributed by atoms with E-state index in [2.05, 4.69) is 217 Å². The van der Waals surface area contributed by atoms with Crippen molar-refractivity contribution in [3.05, 3.63) is 252 Å². The van der Waals surface area contributed by atoms with Crippen molar-refractivity contribution in [2.45, 2.75) is 61.3 Å². The molecule has 1 aromatic heterocycles. The van der Waals surface area contributed by atoms with E-state index in [4.69, 9.17) is 0 Å². The summed E-state index contributed by atoms with van der Waals surface area (Å²) in [4.78, 5) is 2.22. The predicted octanol–water partition coefficient (Wildman–Crippen LogP) is 19.3. The van der Waals surface area contributed by atoms with E-state index in [1.54, 1.807) is 0 Å². The van der Waals surface area contributed by atoms with E-state index >= 15 is 0 Å². The normalized spacial score (nSPS) is 10.3. The van der Waals surface area contributed by atoms with Crippen LogP contribution in [0.3, 0.4) is 0 Å². The fraction of sp³-hybridized carbons (Fsp3) is 0.156. The Morgan fingerprint density at radius 3 is 1.45 bits per heavy atom. The quantitative estimate of drug-likeness (QED) is 0.161. The van der Waals surface area contributed by atoms with Gasteiger partial charge in [-0.1, -0.05) is 209 Å². The largest absolute Gasteiger partial charge is 0.345 e. The van der Waals surface area contributed by atoms with Crippen LogP contribution in [0.25, 0.3) is 53.6 Å². The molecule has 0 N–H and O–H groups in total. The van der Waals surface area contributed by atoms with E-state index in [0.29, 0.717) is 5.92 Å². The van der Waals surface area contributed by atoms with Crippen LogP contribution in [0.15, 0.2) is 224 Å². The molecule has 0 saturated carbocycles. The number of nitrogens with zero attached hydrogens (tertiary/aromatic N) is 1. The first-order chi connectivity index (χ1) is 32.2. The summed E-state index contributed by atoms with van der Waals surface area (Å²) in [6, 6.07) is 79.3. The van der Waals surface area contributed by atoms with Gasteiger partial charge in [-0.25, -0.2) is 0 Å². The number of hydrogen-bond acceptors (Lipinski definition) is 2. The lowest BCUT2D eigenvalue weighted by Gasteiger charge is -2.20. The minimum absolute atomic E-state index is 0.659. The van der Waals surface area contributed by atoms with E-state index in [1.807, 2.05) is 85.8 Å². The molecule has 10 aromatic rings. The highest BCUT2D eigenvalue weighted by atomic mass is 32.1. The molecule has 0 spiro atoms. The molecule has 0 aliphatic rings. The summed E-state index contributed by atoms with van der Waals surface area (Å²) in [5.41, 5.74) is 16.7. The van der Waals surface area contributed by atoms with Crippen LogP contribution in [0.4, 0.5) is 11.4 Å². The molecule has 0 fully saturated rings. The van der Waals surface area contributed by atoms with Crippen LogP contribution in [0, 0.1) is 27.7 Å². The molecule has 10 rings (SSSR count). The van der Waals surface area contributed by atoms with Crippen LogP contribution in [0.1, 0.15) is 61.4 Å². The molecule has 0 aliphatic heterocycles. The smallest absolute Gasteiger partial charge is 0.0408 e. The van der Waals surface area contributed by atoms with Crippen molar-refractivity contribution in [1.29, 1.82) is 0 Å². The fourth-order valence-corrected chi connectivity index (χ4v) is 9.08. The first-order valence-corrected chi connectivity index (χ1v) is 24.1. The maximum Gasteiger partial charge on any atom is 0.0408 e. The van der Waals surface area contributed by atoms with Gasteiger partial charge in [-0.05, 0) is 138 Å².